The first-order chi connectivity index (χ1) is 12.0. The van der Waals surface area contributed by atoms with Crippen LogP contribution in [0.4, 0.5) is 5.69 Å². The summed E-state index contributed by atoms with van der Waals surface area (Å²) in [6, 6.07) is 12.2. The number of hydrogen-bond donors (Lipinski definition) is 2. The number of rotatable bonds is 6. The van der Waals surface area contributed by atoms with Crippen LogP contribution in [-0.2, 0) is 0 Å². The molecule has 0 atom stereocenters. The summed E-state index contributed by atoms with van der Waals surface area (Å²) in [5.41, 5.74) is 1.13. The van der Waals surface area contributed by atoms with Crippen molar-refractivity contribution in [2.45, 2.75) is 6.92 Å². The molecule has 1 amide bonds. The lowest BCUT2D eigenvalue weighted by atomic mass is 10.2. The highest BCUT2D eigenvalue weighted by atomic mass is 32.1. The lowest BCUT2D eigenvalue weighted by molar-refractivity contribution is 0.0977. The Morgan fingerprint density at radius 2 is 1.60 bits per heavy atom. The predicted molar refractivity (Wildman–Crippen MR) is 101 cm³/mol. The molecule has 0 saturated carbocycles. The number of carbonyl (C=O) groups excluding carboxylic acids is 1. The number of ether oxygens (including phenoxy) is 3. The fourth-order valence-corrected chi connectivity index (χ4v) is 2.29. The molecule has 0 aliphatic rings. The van der Waals surface area contributed by atoms with Crippen molar-refractivity contribution in [3.63, 3.8) is 0 Å². The zero-order chi connectivity index (χ0) is 18.2. The number of thiocarbonyl (C=S) groups is 1. The third kappa shape index (κ3) is 5.36. The number of methoxy groups -OCH3 is 2. The Bertz CT molecular complexity index is 725. The summed E-state index contributed by atoms with van der Waals surface area (Å²) in [6.07, 6.45) is 0. The molecule has 0 spiro atoms. The second kappa shape index (κ2) is 8.89. The molecule has 6 nitrogen and oxygen atoms in total. The molecule has 0 radical (unpaired) electrons. The van der Waals surface area contributed by atoms with E-state index < -0.39 is 0 Å². The molecule has 0 aliphatic heterocycles. The van der Waals surface area contributed by atoms with Gasteiger partial charge in [0.1, 0.15) is 17.2 Å². The molecular weight excluding hydrogens is 340 g/mol. The normalized spacial score (nSPS) is 9.88. The van der Waals surface area contributed by atoms with Gasteiger partial charge in [-0.05, 0) is 55.5 Å². The Balaban J connectivity index is 2.01. The Morgan fingerprint density at radius 3 is 2.12 bits per heavy atom. The van der Waals surface area contributed by atoms with Gasteiger partial charge < -0.3 is 19.5 Å². The zero-order valence-corrected chi connectivity index (χ0v) is 15.1. The number of amides is 1. The highest BCUT2D eigenvalue weighted by molar-refractivity contribution is 7.80. The number of carbonyl (C=O) groups is 1. The zero-order valence-electron chi connectivity index (χ0n) is 14.3. The van der Waals surface area contributed by atoms with Crippen molar-refractivity contribution in [3.05, 3.63) is 48.0 Å². The first kappa shape index (κ1) is 18.5. The van der Waals surface area contributed by atoms with Gasteiger partial charge in [-0.15, -0.1) is 0 Å². The number of benzene rings is 2. The van der Waals surface area contributed by atoms with Crippen molar-refractivity contribution in [2.75, 3.05) is 26.1 Å². The Hall–Kier alpha value is -2.80. The number of hydrogen-bond acceptors (Lipinski definition) is 5. The van der Waals surface area contributed by atoms with E-state index in [1.54, 1.807) is 18.2 Å². The van der Waals surface area contributed by atoms with E-state index in [9.17, 15) is 4.79 Å². The fourth-order valence-electron chi connectivity index (χ4n) is 2.08. The van der Waals surface area contributed by atoms with Crippen LogP contribution in [0.3, 0.4) is 0 Å². The number of nitrogens with one attached hydrogen (secondary N) is 2. The second-order valence-corrected chi connectivity index (χ2v) is 5.38. The van der Waals surface area contributed by atoms with Gasteiger partial charge in [-0.25, -0.2) is 0 Å². The van der Waals surface area contributed by atoms with Crippen molar-refractivity contribution in [3.8, 4) is 17.2 Å². The van der Waals surface area contributed by atoms with Crippen molar-refractivity contribution < 1.29 is 19.0 Å². The van der Waals surface area contributed by atoms with Gasteiger partial charge in [0.05, 0.1) is 20.8 Å². The highest BCUT2D eigenvalue weighted by Gasteiger charge is 2.11. The standard InChI is InChI=1S/C18H20N2O4S/c1-4-24-14-7-5-13(6-8-14)19-18(25)20-17(21)12-9-15(22-2)11-16(10-12)23-3/h5-11H,4H2,1-3H3,(H2,19,20,21,25). The molecule has 2 N–H and O–H groups in total. The minimum atomic E-state index is -0.361. The van der Waals surface area contributed by atoms with E-state index in [0.717, 1.165) is 11.4 Å². The molecule has 7 heteroatoms. The summed E-state index contributed by atoms with van der Waals surface area (Å²) < 4.78 is 15.7. The topological polar surface area (TPSA) is 68.8 Å². The molecule has 2 aromatic rings. The first-order valence-corrected chi connectivity index (χ1v) is 8.04. The maximum atomic E-state index is 12.4. The summed E-state index contributed by atoms with van der Waals surface area (Å²) in [5, 5.41) is 5.77. The monoisotopic (exact) mass is 360 g/mol. The Morgan fingerprint density at radius 1 is 1.00 bits per heavy atom. The third-order valence-electron chi connectivity index (χ3n) is 3.26. The van der Waals surface area contributed by atoms with E-state index >= 15 is 0 Å². The van der Waals surface area contributed by atoms with Gasteiger partial charge in [0, 0.05) is 17.3 Å². The lowest BCUT2D eigenvalue weighted by Gasteiger charge is -2.12. The van der Waals surface area contributed by atoms with Crippen LogP contribution in [0.25, 0.3) is 0 Å². The van der Waals surface area contributed by atoms with Crippen molar-refractivity contribution in [2.24, 2.45) is 0 Å². The minimum absolute atomic E-state index is 0.191. The highest BCUT2D eigenvalue weighted by Crippen LogP contribution is 2.22. The van der Waals surface area contributed by atoms with Crippen LogP contribution in [0.15, 0.2) is 42.5 Å². The summed E-state index contributed by atoms with van der Waals surface area (Å²) >= 11 is 5.18. The average Bonchev–Trinajstić information content (AvgIpc) is 2.63. The smallest absolute Gasteiger partial charge is 0.257 e. The van der Waals surface area contributed by atoms with Gasteiger partial charge in [0.15, 0.2) is 5.11 Å². The van der Waals surface area contributed by atoms with Crippen molar-refractivity contribution in [1.29, 1.82) is 0 Å². The summed E-state index contributed by atoms with van der Waals surface area (Å²) in [4.78, 5) is 12.4. The molecule has 2 rings (SSSR count). The van der Waals surface area contributed by atoms with E-state index in [0.29, 0.717) is 23.7 Å². The van der Waals surface area contributed by atoms with E-state index in [1.165, 1.54) is 14.2 Å². The molecule has 0 saturated heterocycles. The maximum Gasteiger partial charge on any atom is 0.257 e. The molecule has 0 unspecified atom stereocenters. The molecule has 0 fully saturated rings. The minimum Gasteiger partial charge on any atom is -0.497 e. The summed E-state index contributed by atoms with van der Waals surface area (Å²) in [5.74, 6) is 1.46. The largest absolute Gasteiger partial charge is 0.497 e. The molecular formula is C18H20N2O4S. The van der Waals surface area contributed by atoms with Crippen LogP contribution < -0.4 is 24.8 Å². The lowest BCUT2D eigenvalue weighted by Crippen LogP contribution is -2.34. The van der Waals surface area contributed by atoms with E-state index in [4.69, 9.17) is 26.4 Å². The van der Waals surface area contributed by atoms with E-state index in [1.807, 2.05) is 31.2 Å². The van der Waals surface area contributed by atoms with Gasteiger partial charge in [-0.3, -0.25) is 10.1 Å². The van der Waals surface area contributed by atoms with Crippen LogP contribution in [-0.4, -0.2) is 31.8 Å². The van der Waals surface area contributed by atoms with E-state index in [-0.39, 0.29) is 11.0 Å². The molecule has 0 bridgehead atoms. The summed E-state index contributed by atoms with van der Waals surface area (Å²) in [6.45, 7) is 2.52. The maximum absolute atomic E-state index is 12.4. The van der Waals surface area contributed by atoms with Gasteiger partial charge in [0.25, 0.3) is 5.91 Å². The average molecular weight is 360 g/mol. The molecule has 132 valence electrons. The van der Waals surface area contributed by atoms with Crippen molar-refractivity contribution in [1.82, 2.24) is 5.32 Å². The van der Waals surface area contributed by atoms with Crippen LogP contribution in [0, 0.1) is 0 Å². The molecule has 0 aromatic heterocycles. The molecule has 0 heterocycles. The molecule has 2 aromatic carbocycles. The van der Waals surface area contributed by atoms with Gasteiger partial charge in [-0.1, -0.05) is 0 Å². The van der Waals surface area contributed by atoms with Crippen LogP contribution in [0.2, 0.25) is 0 Å². The summed E-state index contributed by atoms with van der Waals surface area (Å²) in [7, 11) is 3.04. The Labute approximate surface area is 152 Å². The van der Waals surface area contributed by atoms with Gasteiger partial charge in [-0.2, -0.15) is 0 Å². The quantitative estimate of drug-likeness (QED) is 0.771. The van der Waals surface area contributed by atoms with Gasteiger partial charge in [0.2, 0.25) is 0 Å². The van der Waals surface area contributed by atoms with Crippen molar-refractivity contribution >= 4 is 28.9 Å². The number of anilines is 1. The van der Waals surface area contributed by atoms with E-state index in [2.05, 4.69) is 10.6 Å². The molecule has 25 heavy (non-hydrogen) atoms. The van der Waals surface area contributed by atoms with Gasteiger partial charge >= 0.3 is 0 Å². The van der Waals surface area contributed by atoms with Crippen LogP contribution in [0.1, 0.15) is 17.3 Å². The van der Waals surface area contributed by atoms with Crippen LogP contribution >= 0.6 is 12.2 Å². The SMILES string of the molecule is CCOc1ccc(NC(=S)NC(=O)c2cc(OC)cc(OC)c2)cc1. The first-order valence-electron chi connectivity index (χ1n) is 7.64. The third-order valence-corrected chi connectivity index (χ3v) is 3.47. The predicted octanol–water partition coefficient (Wildman–Crippen LogP) is 3.23. The second-order valence-electron chi connectivity index (χ2n) is 4.97. The fraction of sp³-hybridized carbons (Fsp3) is 0.222. The Kier molecular flexibility index (Phi) is 6.59. The van der Waals surface area contributed by atoms with Crippen LogP contribution in [0.5, 0.6) is 17.2 Å². The molecule has 0 aliphatic carbocycles.